The summed E-state index contributed by atoms with van der Waals surface area (Å²) in [4.78, 5) is 29.4. The number of nitrogens with zero attached hydrogens (tertiary/aromatic N) is 4. The Kier molecular flexibility index (Phi) is 3.25. The van der Waals surface area contributed by atoms with Crippen LogP contribution in [0, 0.1) is 5.82 Å². The van der Waals surface area contributed by atoms with E-state index in [0.717, 1.165) is 12.5 Å². The average molecular weight is 288 g/mol. The van der Waals surface area contributed by atoms with Crippen molar-refractivity contribution >= 4 is 17.4 Å². The summed E-state index contributed by atoms with van der Waals surface area (Å²) in [6, 6.07) is 3.76. The average Bonchev–Trinajstić information content (AvgIpc) is 2.99. The van der Waals surface area contributed by atoms with Crippen LogP contribution in [0.5, 0.6) is 0 Å². The lowest BCUT2D eigenvalue weighted by Gasteiger charge is -2.16. The van der Waals surface area contributed by atoms with Gasteiger partial charge >= 0.3 is 0 Å². The van der Waals surface area contributed by atoms with Gasteiger partial charge in [-0.1, -0.05) is 6.92 Å². The summed E-state index contributed by atoms with van der Waals surface area (Å²) >= 11 is 0. The van der Waals surface area contributed by atoms with Gasteiger partial charge in [0.05, 0.1) is 17.8 Å². The molecule has 0 N–H and O–H groups in total. The first kappa shape index (κ1) is 13.4. The topological polar surface area (TPSA) is 68.1 Å². The number of anilines is 1. The SMILES string of the molecule is CCCn1ncnc1CN1C(=O)C(=O)c2cc(F)ccc21. The van der Waals surface area contributed by atoms with E-state index in [1.165, 1.54) is 23.4 Å². The lowest BCUT2D eigenvalue weighted by molar-refractivity contribution is -0.114. The molecule has 7 heteroatoms. The molecule has 0 radical (unpaired) electrons. The number of rotatable bonds is 4. The van der Waals surface area contributed by atoms with Crippen LogP contribution in [0.2, 0.25) is 0 Å². The monoisotopic (exact) mass is 288 g/mol. The van der Waals surface area contributed by atoms with Crippen molar-refractivity contribution in [3.8, 4) is 0 Å². The molecule has 0 bridgehead atoms. The fraction of sp³-hybridized carbons (Fsp3) is 0.286. The van der Waals surface area contributed by atoms with Gasteiger partial charge in [0, 0.05) is 6.54 Å². The predicted molar refractivity (Wildman–Crippen MR) is 72.2 cm³/mol. The zero-order chi connectivity index (χ0) is 15.0. The number of amides is 1. The number of carbonyl (C=O) groups is 2. The maximum atomic E-state index is 13.2. The zero-order valence-corrected chi connectivity index (χ0v) is 11.4. The number of fused-ring (bicyclic) bond motifs is 1. The van der Waals surface area contributed by atoms with Crippen LogP contribution in [0.25, 0.3) is 0 Å². The molecule has 3 rings (SSSR count). The van der Waals surface area contributed by atoms with Crippen molar-refractivity contribution in [2.75, 3.05) is 4.90 Å². The summed E-state index contributed by atoms with van der Waals surface area (Å²) in [6.07, 6.45) is 2.30. The van der Waals surface area contributed by atoms with Crippen LogP contribution in [0.3, 0.4) is 0 Å². The third-order valence-corrected chi connectivity index (χ3v) is 3.36. The fourth-order valence-corrected chi connectivity index (χ4v) is 2.38. The molecule has 6 nitrogen and oxygen atoms in total. The van der Waals surface area contributed by atoms with Crippen molar-refractivity contribution in [3.05, 3.63) is 41.7 Å². The van der Waals surface area contributed by atoms with Gasteiger partial charge in [-0.3, -0.25) is 14.5 Å². The Morgan fingerprint density at radius 3 is 2.86 bits per heavy atom. The number of ketones is 1. The van der Waals surface area contributed by atoms with Gasteiger partial charge in [-0.2, -0.15) is 5.10 Å². The van der Waals surface area contributed by atoms with Crippen LogP contribution in [-0.4, -0.2) is 26.5 Å². The second-order valence-corrected chi connectivity index (χ2v) is 4.78. The Labute approximate surface area is 120 Å². The van der Waals surface area contributed by atoms with E-state index in [2.05, 4.69) is 10.1 Å². The van der Waals surface area contributed by atoms with E-state index in [9.17, 15) is 14.0 Å². The smallest absolute Gasteiger partial charge is 0.297 e. The van der Waals surface area contributed by atoms with E-state index in [1.807, 2.05) is 6.92 Å². The molecular formula is C14H13FN4O2. The molecule has 0 saturated carbocycles. The van der Waals surface area contributed by atoms with Crippen molar-refractivity contribution < 1.29 is 14.0 Å². The first-order valence-corrected chi connectivity index (χ1v) is 6.64. The van der Waals surface area contributed by atoms with Gasteiger partial charge in [-0.15, -0.1) is 0 Å². The van der Waals surface area contributed by atoms with Crippen LogP contribution < -0.4 is 4.90 Å². The molecule has 2 heterocycles. The Hall–Kier alpha value is -2.57. The second-order valence-electron chi connectivity index (χ2n) is 4.78. The second kappa shape index (κ2) is 5.08. The first-order chi connectivity index (χ1) is 10.1. The van der Waals surface area contributed by atoms with Gasteiger partial charge < -0.3 is 0 Å². The maximum Gasteiger partial charge on any atom is 0.299 e. The summed E-state index contributed by atoms with van der Waals surface area (Å²) in [6.45, 7) is 2.83. The summed E-state index contributed by atoms with van der Waals surface area (Å²) in [5.41, 5.74) is 0.513. The van der Waals surface area contributed by atoms with Crippen LogP contribution >= 0.6 is 0 Å². The first-order valence-electron chi connectivity index (χ1n) is 6.64. The highest BCUT2D eigenvalue weighted by Crippen LogP contribution is 2.30. The normalized spacial score (nSPS) is 13.9. The van der Waals surface area contributed by atoms with E-state index >= 15 is 0 Å². The van der Waals surface area contributed by atoms with Gasteiger partial charge in [0.25, 0.3) is 11.7 Å². The number of aromatic nitrogens is 3. The molecule has 0 atom stereocenters. The van der Waals surface area contributed by atoms with Gasteiger partial charge in [-0.05, 0) is 24.6 Å². The highest BCUT2D eigenvalue weighted by Gasteiger charge is 2.36. The Morgan fingerprint density at radius 1 is 1.29 bits per heavy atom. The summed E-state index contributed by atoms with van der Waals surface area (Å²) in [7, 11) is 0. The van der Waals surface area contributed by atoms with E-state index in [-0.39, 0.29) is 12.1 Å². The molecule has 0 aliphatic carbocycles. The largest absolute Gasteiger partial charge is 0.299 e. The Bertz CT molecular complexity index is 726. The highest BCUT2D eigenvalue weighted by atomic mass is 19.1. The number of halogens is 1. The van der Waals surface area contributed by atoms with Crippen molar-refractivity contribution in [3.63, 3.8) is 0 Å². The molecule has 0 spiro atoms. The van der Waals surface area contributed by atoms with Crippen LogP contribution in [-0.2, 0) is 17.9 Å². The Balaban J connectivity index is 1.95. The van der Waals surface area contributed by atoms with Crippen LogP contribution in [0.1, 0.15) is 29.5 Å². The van der Waals surface area contributed by atoms with Crippen molar-refractivity contribution in [1.82, 2.24) is 14.8 Å². The summed E-state index contributed by atoms with van der Waals surface area (Å²) in [5.74, 6) is -1.30. The minimum Gasteiger partial charge on any atom is -0.297 e. The number of aryl methyl sites for hydroxylation is 1. The molecule has 1 amide bonds. The summed E-state index contributed by atoms with van der Waals surface area (Å²) in [5, 5.41) is 4.08. The zero-order valence-electron chi connectivity index (χ0n) is 11.4. The maximum absolute atomic E-state index is 13.2. The van der Waals surface area contributed by atoms with Crippen LogP contribution in [0.4, 0.5) is 10.1 Å². The van der Waals surface area contributed by atoms with Crippen LogP contribution in [0.15, 0.2) is 24.5 Å². The minimum absolute atomic E-state index is 0.0987. The molecule has 2 aromatic rings. The third kappa shape index (κ3) is 2.20. The van der Waals surface area contributed by atoms with Gasteiger partial charge in [0.1, 0.15) is 18.0 Å². The third-order valence-electron chi connectivity index (χ3n) is 3.36. The standard InChI is InChI=1S/C14H13FN4O2/c1-2-5-19-12(16-8-17-19)7-18-11-4-3-9(15)6-10(11)13(20)14(18)21/h3-4,6,8H,2,5,7H2,1H3. The molecular weight excluding hydrogens is 275 g/mol. The molecule has 1 aromatic heterocycles. The fourth-order valence-electron chi connectivity index (χ4n) is 2.38. The predicted octanol–water partition coefficient (Wildman–Crippen LogP) is 1.56. The highest BCUT2D eigenvalue weighted by molar-refractivity contribution is 6.52. The number of hydrogen-bond acceptors (Lipinski definition) is 4. The number of hydrogen-bond donors (Lipinski definition) is 0. The van der Waals surface area contributed by atoms with Crippen molar-refractivity contribution in [2.45, 2.75) is 26.4 Å². The molecule has 1 aliphatic rings. The van der Waals surface area contributed by atoms with E-state index in [0.29, 0.717) is 18.1 Å². The van der Waals surface area contributed by atoms with Crippen molar-refractivity contribution in [2.24, 2.45) is 0 Å². The number of Topliss-reactive ketones (excluding diaryl/α,β-unsaturated/α-hetero) is 1. The van der Waals surface area contributed by atoms with Crippen molar-refractivity contribution in [1.29, 1.82) is 0 Å². The summed E-state index contributed by atoms with van der Waals surface area (Å²) < 4.78 is 14.9. The van der Waals surface area contributed by atoms with Gasteiger partial charge in [0.15, 0.2) is 0 Å². The van der Waals surface area contributed by atoms with Gasteiger partial charge in [0.2, 0.25) is 0 Å². The molecule has 21 heavy (non-hydrogen) atoms. The number of benzene rings is 1. The Morgan fingerprint density at radius 2 is 2.10 bits per heavy atom. The number of carbonyl (C=O) groups excluding carboxylic acids is 2. The molecule has 0 saturated heterocycles. The molecule has 0 fully saturated rings. The van der Waals surface area contributed by atoms with Gasteiger partial charge in [-0.25, -0.2) is 14.1 Å². The van der Waals surface area contributed by atoms with E-state index in [4.69, 9.17) is 0 Å². The molecule has 1 aliphatic heterocycles. The lowest BCUT2D eigenvalue weighted by Crippen LogP contribution is -2.30. The molecule has 1 aromatic carbocycles. The minimum atomic E-state index is -0.689. The molecule has 108 valence electrons. The van der Waals surface area contributed by atoms with E-state index in [1.54, 1.807) is 4.68 Å². The molecule has 0 unspecified atom stereocenters. The van der Waals surface area contributed by atoms with E-state index < -0.39 is 17.5 Å². The lowest BCUT2D eigenvalue weighted by atomic mass is 10.1. The quantitative estimate of drug-likeness (QED) is 0.801.